The molecule has 0 aliphatic heterocycles. The summed E-state index contributed by atoms with van der Waals surface area (Å²) in [6.07, 6.45) is 3.24. The van der Waals surface area contributed by atoms with Crippen LogP contribution >= 0.6 is 0 Å². The number of rotatable bonds is 6. The van der Waals surface area contributed by atoms with Crippen molar-refractivity contribution in [3.05, 3.63) is 85.8 Å². The number of anilines is 1. The van der Waals surface area contributed by atoms with Gasteiger partial charge >= 0.3 is 5.69 Å². The van der Waals surface area contributed by atoms with E-state index in [0.717, 1.165) is 28.8 Å². The summed E-state index contributed by atoms with van der Waals surface area (Å²) in [5.41, 5.74) is 4.53. The Labute approximate surface area is 159 Å². The van der Waals surface area contributed by atoms with Crippen LogP contribution in [0.2, 0.25) is 0 Å². The van der Waals surface area contributed by atoms with Crippen LogP contribution in [0.5, 0.6) is 0 Å². The smallest absolute Gasteiger partial charge is 0.301 e. The van der Waals surface area contributed by atoms with E-state index in [2.05, 4.69) is 15.5 Å². The zero-order valence-corrected chi connectivity index (χ0v) is 15.1. The number of benzene rings is 1. The fourth-order valence-electron chi connectivity index (χ4n) is 2.81. The minimum absolute atomic E-state index is 0.0605. The van der Waals surface area contributed by atoms with Gasteiger partial charge in [0.05, 0.1) is 22.1 Å². The molecule has 1 aromatic carbocycles. The van der Waals surface area contributed by atoms with Gasteiger partial charge in [-0.15, -0.1) is 0 Å². The molecule has 0 fully saturated rings. The van der Waals surface area contributed by atoms with E-state index >= 15 is 0 Å². The molecule has 0 atom stereocenters. The third kappa shape index (κ3) is 3.70. The van der Waals surface area contributed by atoms with Gasteiger partial charge in [0, 0.05) is 29.2 Å². The third-order valence-electron chi connectivity index (χ3n) is 4.13. The Morgan fingerprint density at radius 2 is 1.89 bits per heavy atom. The van der Waals surface area contributed by atoms with Gasteiger partial charge < -0.3 is 4.57 Å². The van der Waals surface area contributed by atoms with Gasteiger partial charge in [-0.1, -0.05) is 6.07 Å². The number of non-ortho nitro benzene ring substituents is 1. The van der Waals surface area contributed by atoms with Crippen molar-refractivity contribution in [3.63, 3.8) is 0 Å². The van der Waals surface area contributed by atoms with Crippen LogP contribution in [-0.4, -0.2) is 25.6 Å². The SMILES string of the molecule is Cc1cc(/C=N\Nc2ccc([N+](=O)[O-])cc2[N+](=O)[O-])c(C)n1-c1ccccn1. The summed E-state index contributed by atoms with van der Waals surface area (Å²) in [4.78, 5) is 24.9. The van der Waals surface area contributed by atoms with Crippen molar-refractivity contribution in [2.45, 2.75) is 13.8 Å². The molecule has 1 N–H and O–H groups in total. The number of pyridine rings is 1. The molecular weight excluding hydrogens is 364 g/mol. The fourth-order valence-corrected chi connectivity index (χ4v) is 2.81. The van der Waals surface area contributed by atoms with E-state index in [1.807, 2.05) is 42.7 Å². The van der Waals surface area contributed by atoms with Gasteiger partial charge in [0.15, 0.2) is 0 Å². The van der Waals surface area contributed by atoms with E-state index < -0.39 is 15.5 Å². The Morgan fingerprint density at radius 3 is 2.54 bits per heavy atom. The van der Waals surface area contributed by atoms with E-state index in [-0.39, 0.29) is 11.4 Å². The van der Waals surface area contributed by atoms with Crippen LogP contribution < -0.4 is 5.43 Å². The Hall–Kier alpha value is -4.08. The predicted octanol–water partition coefficient (Wildman–Crippen LogP) is 3.75. The van der Waals surface area contributed by atoms with E-state index in [4.69, 9.17) is 0 Å². The molecule has 3 rings (SSSR count). The molecule has 2 aromatic heterocycles. The maximum Gasteiger partial charge on any atom is 0.301 e. The molecule has 0 bridgehead atoms. The van der Waals surface area contributed by atoms with Crippen molar-refractivity contribution in [3.8, 4) is 5.82 Å². The number of hydrazone groups is 1. The van der Waals surface area contributed by atoms with Crippen LogP contribution in [0.25, 0.3) is 5.82 Å². The van der Waals surface area contributed by atoms with E-state index in [1.54, 1.807) is 6.20 Å². The lowest BCUT2D eigenvalue weighted by molar-refractivity contribution is -0.393. The molecule has 28 heavy (non-hydrogen) atoms. The minimum atomic E-state index is -0.697. The number of hydrogen-bond acceptors (Lipinski definition) is 7. The van der Waals surface area contributed by atoms with Gasteiger partial charge in [0.25, 0.3) is 5.69 Å². The summed E-state index contributed by atoms with van der Waals surface area (Å²) in [7, 11) is 0. The number of hydrogen-bond donors (Lipinski definition) is 1. The van der Waals surface area contributed by atoms with Gasteiger partial charge in [-0.2, -0.15) is 5.10 Å². The lowest BCUT2D eigenvalue weighted by atomic mass is 10.2. The molecule has 0 saturated carbocycles. The molecule has 0 aliphatic carbocycles. The van der Waals surface area contributed by atoms with Crippen molar-refractivity contribution in [2.75, 3.05) is 5.43 Å². The molecule has 0 spiro atoms. The van der Waals surface area contributed by atoms with Gasteiger partial charge in [0.1, 0.15) is 11.5 Å². The molecule has 10 nitrogen and oxygen atoms in total. The van der Waals surface area contributed by atoms with Gasteiger partial charge in [-0.05, 0) is 38.1 Å². The van der Waals surface area contributed by atoms with Crippen molar-refractivity contribution in [1.29, 1.82) is 0 Å². The second-order valence-electron chi connectivity index (χ2n) is 5.94. The van der Waals surface area contributed by atoms with E-state index in [0.29, 0.717) is 0 Å². The van der Waals surface area contributed by atoms with Crippen LogP contribution in [-0.2, 0) is 0 Å². The lowest BCUT2D eigenvalue weighted by Gasteiger charge is -2.07. The average Bonchev–Trinajstić information content (AvgIpc) is 2.95. The first-order chi connectivity index (χ1) is 13.4. The topological polar surface area (TPSA) is 128 Å². The summed E-state index contributed by atoms with van der Waals surface area (Å²) < 4.78 is 1.97. The molecule has 3 aromatic rings. The van der Waals surface area contributed by atoms with Gasteiger partial charge in [-0.25, -0.2) is 4.98 Å². The van der Waals surface area contributed by atoms with Crippen LogP contribution in [0.15, 0.2) is 53.8 Å². The zero-order chi connectivity index (χ0) is 20.3. The summed E-state index contributed by atoms with van der Waals surface area (Å²) in [5, 5.41) is 26.0. The molecule has 0 saturated heterocycles. The second kappa shape index (κ2) is 7.66. The predicted molar refractivity (Wildman–Crippen MR) is 104 cm³/mol. The van der Waals surface area contributed by atoms with Crippen molar-refractivity contribution in [2.24, 2.45) is 5.10 Å². The first-order valence-electron chi connectivity index (χ1n) is 8.20. The number of aryl methyl sites for hydroxylation is 1. The van der Waals surface area contributed by atoms with Crippen LogP contribution in [0.4, 0.5) is 17.1 Å². The lowest BCUT2D eigenvalue weighted by Crippen LogP contribution is -2.02. The van der Waals surface area contributed by atoms with Gasteiger partial charge in [-0.3, -0.25) is 25.7 Å². The van der Waals surface area contributed by atoms with Crippen LogP contribution in [0.1, 0.15) is 17.0 Å². The Bertz CT molecular complexity index is 1080. The maximum atomic E-state index is 11.2. The van der Waals surface area contributed by atoms with Crippen LogP contribution in [0.3, 0.4) is 0 Å². The normalized spacial score (nSPS) is 10.9. The van der Waals surface area contributed by atoms with Crippen molar-refractivity contribution < 1.29 is 9.85 Å². The highest BCUT2D eigenvalue weighted by atomic mass is 16.6. The number of nitro groups is 2. The number of aromatic nitrogens is 2. The first-order valence-corrected chi connectivity index (χ1v) is 8.20. The molecule has 142 valence electrons. The zero-order valence-electron chi connectivity index (χ0n) is 15.1. The molecule has 10 heteroatoms. The van der Waals surface area contributed by atoms with Gasteiger partial charge in [0.2, 0.25) is 0 Å². The van der Waals surface area contributed by atoms with Crippen LogP contribution in [0, 0.1) is 34.1 Å². The minimum Gasteiger partial charge on any atom is -0.303 e. The molecule has 2 heterocycles. The van der Waals surface area contributed by atoms with Crippen molar-refractivity contribution >= 4 is 23.3 Å². The quantitative estimate of drug-likeness (QED) is 0.394. The highest BCUT2D eigenvalue weighted by Gasteiger charge is 2.19. The standard InChI is InChI=1S/C18H16N6O4/c1-12-9-14(13(2)22(12)18-5-3-4-8-19-18)11-20-21-16-7-6-15(23(25)26)10-17(16)24(27)28/h3-11,21H,1-2H3/b20-11-. The average molecular weight is 380 g/mol. The molecule has 0 amide bonds. The molecular formula is C18H16N6O4. The monoisotopic (exact) mass is 380 g/mol. The number of nitrogens with one attached hydrogen (secondary N) is 1. The molecule has 0 unspecified atom stereocenters. The molecule has 0 aliphatic rings. The number of nitro benzene ring substituents is 2. The summed E-state index contributed by atoms with van der Waals surface area (Å²) >= 11 is 0. The summed E-state index contributed by atoms with van der Waals surface area (Å²) in [5.74, 6) is 0.774. The summed E-state index contributed by atoms with van der Waals surface area (Å²) in [6, 6.07) is 10.9. The van der Waals surface area contributed by atoms with E-state index in [1.165, 1.54) is 18.3 Å². The van der Waals surface area contributed by atoms with E-state index in [9.17, 15) is 20.2 Å². The third-order valence-corrected chi connectivity index (χ3v) is 4.13. The maximum absolute atomic E-state index is 11.2. The Morgan fingerprint density at radius 1 is 1.11 bits per heavy atom. The second-order valence-corrected chi connectivity index (χ2v) is 5.94. The fraction of sp³-hybridized carbons (Fsp3) is 0.111. The largest absolute Gasteiger partial charge is 0.303 e. The van der Waals surface area contributed by atoms with Crippen molar-refractivity contribution in [1.82, 2.24) is 9.55 Å². The number of nitrogens with zero attached hydrogens (tertiary/aromatic N) is 5. The molecule has 0 radical (unpaired) electrons. The highest BCUT2D eigenvalue weighted by molar-refractivity contribution is 5.83. The highest BCUT2D eigenvalue weighted by Crippen LogP contribution is 2.29. The Kier molecular flexibility index (Phi) is 5.12. The first kappa shape index (κ1) is 18.7. The summed E-state index contributed by atoms with van der Waals surface area (Å²) in [6.45, 7) is 3.85. The Balaban J connectivity index is 1.86.